The van der Waals surface area contributed by atoms with Gasteiger partial charge in [0.1, 0.15) is 17.3 Å². The van der Waals surface area contributed by atoms with Gasteiger partial charge in [-0.05, 0) is 49.2 Å². The van der Waals surface area contributed by atoms with Crippen molar-refractivity contribution >= 4 is 28.6 Å². The summed E-state index contributed by atoms with van der Waals surface area (Å²) in [5.74, 6) is -0.863. The lowest BCUT2D eigenvalue weighted by Gasteiger charge is -2.34. The van der Waals surface area contributed by atoms with E-state index in [2.05, 4.69) is 20.2 Å². The van der Waals surface area contributed by atoms with Crippen molar-refractivity contribution in [2.24, 2.45) is 0 Å². The molecule has 4 aromatic rings. The molecule has 1 aliphatic carbocycles. The van der Waals surface area contributed by atoms with Crippen LogP contribution < -0.4 is 5.32 Å². The van der Waals surface area contributed by atoms with Gasteiger partial charge in [-0.2, -0.15) is 4.98 Å². The standard InChI is InChI=1S/C31H33F2N7O2/c32-27-17-25(18-28(33)26(27)20-37-12-14-42-15-13-37)40-7-6-22-19-34-31(36-29(22)40)35-23-3-1-2-21(16-23)30(41)39-10-8-38(9-11-39)24-4-5-24/h1-3,6-7,16-19,24H,4-5,8-15,20H2,(H,34,35,36). The summed E-state index contributed by atoms with van der Waals surface area (Å²) in [5.41, 5.74) is 2.18. The number of nitrogens with zero attached hydrogens (tertiary/aromatic N) is 6. The van der Waals surface area contributed by atoms with Crippen LogP contribution in [-0.4, -0.2) is 93.7 Å². The number of fused-ring (bicyclic) bond motifs is 1. The summed E-state index contributed by atoms with van der Waals surface area (Å²) in [6.45, 7) is 5.92. The third-order valence-electron chi connectivity index (χ3n) is 8.35. The monoisotopic (exact) mass is 573 g/mol. The molecule has 0 spiro atoms. The van der Waals surface area contributed by atoms with E-state index in [4.69, 9.17) is 4.74 Å². The third kappa shape index (κ3) is 5.59. The number of anilines is 2. The van der Waals surface area contributed by atoms with Gasteiger partial charge in [0.15, 0.2) is 0 Å². The normalized spacial score (nSPS) is 18.5. The van der Waals surface area contributed by atoms with Crippen LogP contribution in [0.5, 0.6) is 0 Å². The van der Waals surface area contributed by atoms with Gasteiger partial charge in [0.25, 0.3) is 5.91 Å². The van der Waals surface area contributed by atoms with Crippen LogP contribution in [0.2, 0.25) is 0 Å². The lowest BCUT2D eigenvalue weighted by atomic mass is 10.1. The van der Waals surface area contributed by atoms with Crippen LogP contribution >= 0.6 is 0 Å². The molecule has 1 N–H and O–H groups in total. The lowest BCUT2D eigenvalue weighted by Crippen LogP contribution is -2.49. The zero-order chi connectivity index (χ0) is 28.6. The first-order chi connectivity index (χ1) is 20.5. The summed E-state index contributed by atoms with van der Waals surface area (Å²) in [7, 11) is 0. The Hall–Kier alpha value is -3.93. The Bertz CT molecular complexity index is 1590. The van der Waals surface area contributed by atoms with Crippen molar-refractivity contribution in [3.63, 3.8) is 0 Å². The van der Waals surface area contributed by atoms with Gasteiger partial charge in [0.05, 0.1) is 18.9 Å². The molecule has 1 saturated carbocycles. The minimum Gasteiger partial charge on any atom is -0.379 e. The van der Waals surface area contributed by atoms with Gasteiger partial charge in [-0.3, -0.25) is 14.6 Å². The van der Waals surface area contributed by atoms with Gasteiger partial charge in [-0.25, -0.2) is 13.8 Å². The molecule has 4 heterocycles. The van der Waals surface area contributed by atoms with Crippen LogP contribution in [0.3, 0.4) is 0 Å². The highest BCUT2D eigenvalue weighted by atomic mass is 19.1. The smallest absolute Gasteiger partial charge is 0.254 e. The number of halogens is 2. The third-order valence-corrected chi connectivity index (χ3v) is 8.35. The van der Waals surface area contributed by atoms with Gasteiger partial charge in [0.2, 0.25) is 5.95 Å². The van der Waals surface area contributed by atoms with Crippen molar-refractivity contribution in [3.8, 4) is 5.69 Å². The molecule has 1 amide bonds. The largest absolute Gasteiger partial charge is 0.379 e. The highest BCUT2D eigenvalue weighted by molar-refractivity contribution is 5.95. The Morgan fingerprint density at radius 1 is 0.976 bits per heavy atom. The van der Waals surface area contributed by atoms with E-state index in [1.54, 1.807) is 29.1 Å². The molecule has 3 fully saturated rings. The van der Waals surface area contributed by atoms with Gasteiger partial charge < -0.3 is 19.5 Å². The Labute approximate surface area is 242 Å². The van der Waals surface area contributed by atoms with Crippen LogP contribution in [0.15, 0.2) is 54.9 Å². The number of piperazine rings is 1. The molecule has 2 saturated heterocycles. The van der Waals surface area contributed by atoms with Crippen molar-refractivity contribution < 1.29 is 18.3 Å². The molecule has 2 aliphatic heterocycles. The molecular weight excluding hydrogens is 540 g/mol. The number of rotatable bonds is 7. The number of nitrogens with one attached hydrogen (secondary N) is 1. The number of benzene rings is 2. The lowest BCUT2D eigenvalue weighted by molar-refractivity contribution is 0.0332. The Kier molecular flexibility index (Phi) is 7.31. The second kappa shape index (κ2) is 11.4. The van der Waals surface area contributed by atoms with Crippen molar-refractivity contribution in [2.45, 2.75) is 25.4 Å². The van der Waals surface area contributed by atoms with Crippen LogP contribution in [0, 0.1) is 11.6 Å². The van der Waals surface area contributed by atoms with Crippen LogP contribution in [0.25, 0.3) is 16.7 Å². The van der Waals surface area contributed by atoms with E-state index in [-0.39, 0.29) is 18.0 Å². The molecule has 0 atom stereocenters. The number of carbonyl (C=O) groups excluding carboxylic acids is 1. The second-order valence-corrected chi connectivity index (χ2v) is 11.2. The molecular formula is C31H33F2N7O2. The van der Waals surface area contributed by atoms with Gasteiger partial charge >= 0.3 is 0 Å². The number of carbonyl (C=O) groups is 1. The van der Waals surface area contributed by atoms with Gasteiger partial charge in [-0.15, -0.1) is 0 Å². The molecule has 7 rings (SSSR count). The molecule has 0 unspecified atom stereocenters. The van der Waals surface area contributed by atoms with Crippen molar-refractivity contribution in [1.82, 2.24) is 29.2 Å². The molecule has 2 aromatic heterocycles. The van der Waals surface area contributed by atoms with Crippen LogP contribution in [0.1, 0.15) is 28.8 Å². The summed E-state index contributed by atoms with van der Waals surface area (Å²) in [6.07, 6.45) is 5.93. The summed E-state index contributed by atoms with van der Waals surface area (Å²) in [5, 5.41) is 3.92. The van der Waals surface area contributed by atoms with Gasteiger partial charge in [-0.1, -0.05) is 6.07 Å². The van der Waals surface area contributed by atoms with Gasteiger partial charge in [0, 0.05) is 86.4 Å². The Morgan fingerprint density at radius 2 is 1.74 bits per heavy atom. The van der Waals surface area contributed by atoms with Crippen molar-refractivity contribution in [1.29, 1.82) is 0 Å². The SMILES string of the molecule is O=C(c1cccc(Nc2ncc3ccn(-c4cc(F)c(CN5CCOCC5)c(F)c4)c3n2)c1)N1CCN(C2CC2)CC1. The fourth-order valence-corrected chi connectivity index (χ4v) is 5.82. The average Bonchev–Trinajstić information content (AvgIpc) is 3.78. The van der Waals surface area contributed by atoms with E-state index in [1.807, 2.05) is 28.0 Å². The molecule has 3 aliphatic rings. The van der Waals surface area contributed by atoms with E-state index < -0.39 is 11.6 Å². The topological polar surface area (TPSA) is 78.8 Å². The number of ether oxygens (including phenoxy) is 1. The van der Waals surface area contributed by atoms with Crippen LogP contribution in [0.4, 0.5) is 20.4 Å². The Morgan fingerprint density at radius 3 is 2.48 bits per heavy atom. The van der Waals surface area contributed by atoms with Crippen molar-refractivity contribution in [2.75, 3.05) is 57.8 Å². The first-order valence-corrected chi connectivity index (χ1v) is 14.5. The first-order valence-electron chi connectivity index (χ1n) is 14.5. The predicted octanol–water partition coefficient (Wildman–Crippen LogP) is 4.19. The quantitative estimate of drug-likeness (QED) is 0.355. The molecule has 0 radical (unpaired) electrons. The maximum Gasteiger partial charge on any atom is 0.254 e. The van der Waals surface area contributed by atoms with E-state index in [1.165, 1.54) is 25.0 Å². The predicted molar refractivity (Wildman–Crippen MR) is 155 cm³/mol. The molecule has 218 valence electrons. The average molecular weight is 574 g/mol. The van der Waals surface area contributed by atoms with E-state index in [0.29, 0.717) is 60.9 Å². The molecule has 9 nitrogen and oxygen atoms in total. The molecule has 42 heavy (non-hydrogen) atoms. The number of aromatic nitrogens is 3. The highest BCUT2D eigenvalue weighted by Crippen LogP contribution is 2.28. The van der Waals surface area contributed by atoms with E-state index in [0.717, 1.165) is 31.6 Å². The summed E-state index contributed by atoms with van der Waals surface area (Å²) in [6, 6.07) is 12.5. The summed E-state index contributed by atoms with van der Waals surface area (Å²) >= 11 is 0. The number of hydrogen-bond acceptors (Lipinski definition) is 7. The zero-order valence-corrected chi connectivity index (χ0v) is 23.3. The van der Waals surface area contributed by atoms with E-state index in [9.17, 15) is 4.79 Å². The Balaban J connectivity index is 1.08. The molecule has 0 bridgehead atoms. The van der Waals surface area contributed by atoms with E-state index >= 15 is 8.78 Å². The number of morpholine rings is 1. The van der Waals surface area contributed by atoms with Crippen molar-refractivity contribution in [3.05, 3.63) is 77.6 Å². The maximum absolute atomic E-state index is 15.1. The molecule has 11 heteroatoms. The maximum atomic E-state index is 15.1. The first kappa shape index (κ1) is 26.9. The highest BCUT2D eigenvalue weighted by Gasteiger charge is 2.32. The summed E-state index contributed by atoms with van der Waals surface area (Å²) in [4.78, 5) is 28.7. The zero-order valence-electron chi connectivity index (χ0n) is 23.3. The minimum atomic E-state index is -0.596. The van der Waals surface area contributed by atoms with Crippen LogP contribution in [-0.2, 0) is 11.3 Å². The molecule has 2 aromatic carbocycles. The minimum absolute atomic E-state index is 0.0143. The second-order valence-electron chi connectivity index (χ2n) is 11.2. The summed E-state index contributed by atoms with van der Waals surface area (Å²) < 4.78 is 37.2. The number of hydrogen-bond donors (Lipinski definition) is 1. The fourth-order valence-electron chi connectivity index (χ4n) is 5.82. The number of amides is 1. The fraction of sp³-hybridized carbons (Fsp3) is 0.387.